The number of methoxy groups -OCH3 is 1. The molecular formula is C15H21ClN2O4. The molecule has 1 aliphatic heterocycles. The molecule has 22 heavy (non-hydrogen) atoms. The zero-order valence-corrected chi connectivity index (χ0v) is 13.3. The quantitative estimate of drug-likeness (QED) is 0.778. The molecule has 1 saturated heterocycles. The molecule has 0 unspecified atom stereocenters. The van der Waals surface area contributed by atoms with Gasteiger partial charge in [-0.05, 0) is 31.0 Å². The van der Waals surface area contributed by atoms with Gasteiger partial charge in [0.1, 0.15) is 17.9 Å². The summed E-state index contributed by atoms with van der Waals surface area (Å²) in [7, 11) is 1.60. The number of carbonyl (C=O) groups is 1. The van der Waals surface area contributed by atoms with E-state index in [2.05, 4.69) is 5.32 Å². The molecule has 0 spiro atoms. The number of rotatable bonds is 6. The Hall–Kier alpha value is -1.34. The first kappa shape index (κ1) is 17.0. The topological polar surface area (TPSA) is 82.8 Å². The molecule has 0 aromatic heterocycles. The van der Waals surface area contributed by atoms with Gasteiger partial charge in [-0.1, -0.05) is 11.6 Å². The summed E-state index contributed by atoms with van der Waals surface area (Å²) in [6.07, 6.45) is 1.01. The molecule has 1 aliphatic rings. The van der Waals surface area contributed by atoms with E-state index in [9.17, 15) is 4.79 Å². The van der Waals surface area contributed by atoms with Gasteiger partial charge in [0.05, 0.1) is 11.6 Å². The van der Waals surface area contributed by atoms with E-state index in [0.29, 0.717) is 55.7 Å². The van der Waals surface area contributed by atoms with Crippen LogP contribution < -0.4 is 15.8 Å². The monoisotopic (exact) mass is 328 g/mol. The first-order valence-corrected chi connectivity index (χ1v) is 7.52. The van der Waals surface area contributed by atoms with Crippen molar-refractivity contribution in [3.63, 3.8) is 0 Å². The second-order valence-corrected chi connectivity index (χ2v) is 5.62. The van der Waals surface area contributed by atoms with Gasteiger partial charge in [-0.3, -0.25) is 4.79 Å². The second-order valence-electron chi connectivity index (χ2n) is 5.21. The number of anilines is 1. The Balaban J connectivity index is 1.98. The van der Waals surface area contributed by atoms with E-state index in [1.165, 1.54) is 0 Å². The smallest absolute Gasteiger partial charge is 0.244 e. The lowest BCUT2D eigenvalue weighted by atomic mass is 9.90. The number of amides is 1. The minimum atomic E-state index is -0.891. The average molecular weight is 329 g/mol. The molecule has 0 saturated carbocycles. The van der Waals surface area contributed by atoms with Crippen molar-refractivity contribution >= 4 is 23.2 Å². The zero-order chi connectivity index (χ0) is 16.0. The highest BCUT2D eigenvalue weighted by molar-refractivity contribution is 6.32. The van der Waals surface area contributed by atoms with Crippen LogP contribution in [0.5, 0.6) is 5.75 Å². The normalized spacial score (nSPS) is 17.0. The van der Waals surface area contributed by atoms with Gasteiger partial charge in [0, 0.05) is 26.0 Å². The third-order valence-corrected chi connectivity index (χ3v) is 3.87. The van der Waals surface area contributed by atoms with Gasteiger partial charge in [0.2, 0.25) is 5.91 Å². The summed E-state index contributed by atoms with van der Waals surface area (Å²) in [6.45, 7) is 1.88. The maximum atomic E-state index is 12.3. The van der Waals surface area contributed by atoms with Crippen LogP contribution in [0.2, 0.25) is 5.02 Å². The molecular weight excluding hydrogens is 308 g/mol. The second kappa shape index (κ2) is 7.78. The molecule has 1 fully saturated rings. The summed E-state index contributed by atoms with van der Waals surface area (Å²) < 4.78 is 15.6. The zero-order valence-electron chi connectivity index (χ0n) is 12.6. The Bertz CT molecular complexity index is 518. The molecule has 0 aliphatic carbocycles. The highest BCUT2D eigenvalue weighted by Crippen LogP contribution is 2.28. The van der Waals surface area contributed by atoms with E-state index >= 15 is 0 Å². The molecule has 1 aromatic rings. The van der Waals surface area contributed by atoms with Gasteiger partial charge >= 0.3 is 0 Å². The molecule has 1 aromatic carbocycles. The lowest BCUT2D eigenvalue weighted by Gasteiger charge is -2.31. The average Bonchev–Trinajstić information content (AvgIpc) is 2.50. The molecule has 3 N–H and O–H groups in total. The Labute approximate surface area is 134 Å². The largest absolute Gasteiger partial charge is 0.490 e. The number of carbonyl (C=O) groups excluding carboxylic acids is 1. The van der Waals surface area contributed by atoms with Crippen LogP contribution in [0.1, 0.15) is 12.8 Å². The minimum absolute atomic E-state index is 0.222. The Kier molecular flexibility index (Phi) is 6.02. The van der Waals surface area contributed by atoms with Crippen LogP contribution in [-0.4, -0.2) is 45.0 Å². The number of nitrogens with one attached hydrogen (secondary N) is 1. The van der Waals surface area contributed by atoms with Crippen molar-refractivity contribution in [3.05, 3.63) is 23.2 Å². The number of hydrogen-bond acceptors (Lipinski definition) is 5. The third-order valence-electron chi connectivity index (χ3n) is 3.57. The predicted octanol–water partition coefficient (Wildman–Crippen LogP) is 1.81. The fraction of sp³-hybridized carbons (Fsp3) is 0.533. The number of benzene rings is 1. The summed E-state index contributed by atoms with van der Waals surface area (Å²) in [5.74, 6) is 0.324. The van der Waals surface area contributed by atoms with E-state index in [4.69, 9.17) is 31.5 Å². The molecule has 122 valence electrons. The molecule has 2 rings (SSSR count). The predicted molar refractivity (Wildman–Crippen MR) is 84.4 cm³/mol. The van der Waals surface area contributed by atoms with Crippen LogP contribution in [0.4, 0.5) is 5.69 Å². The maximum Gasteiger partial charge on any atom is 0.244 e. The van der Waals surface area contributed by atoms with Gasteiger partial charge in [-0.2, -0.15) is 0 Å². The summed E-state index contributed by atoms with van der Waals surface area (Å²) in [5.41, 5.74) is 5.83. The number of nitrogens with two attached hydrogens (primary N) is 1. The van der Waals surface area contributed by atoms with E-state index in [-0.39, 0.29) is 5.91 Å². The molecule has 0 radical (unpaired) electrons. The Morgan fingerprint density at radius 2 is 2.14 bits per heavy atom. The van der Waals surface area contributed by atoms with Crippen molar-refractivity contribution in [3.8, 4) is 5.75 Å². The Morgan fingerprint density at radius 1 is 1.41 bits per heavy atom. The van der Waals surface area contributed by atoms with Crippen LogP contribution in [-0.2, 0) is 14.3 Å². The van der Waals surface area contributed by atoms with E-state index in [0.717, 1.165) is 0 Å². The van der Waals surface area contributed by atoms with Gasteiger partial charge in [-0.15, -0.1) is 0 Å². The number of ether oxygens (including phenoxy) is 3. The molecule has 1 amide bonds. The first-order valence-electron chi connectivity index (χ1n) is 7.14. The van der Waals surface area contributed by atoms with Crippen molar-refractivity contribution < 1.29 is 19.0 Å². The molecule has 0 bridgehead atoms. The molecule has 7 heteroatoms. The van der Waals surface area contributed by atoms with Crippen molar-refractivity contribution in [2.75, 3.05) is 38.9 Å². The minimum Gasteiger partial charge on any atom is -0.490 e. The van der Waals surface area contributed by atoms with Crippen LogP contribution >= 0.6 is 11.6 Å². The maximum absolute atomic E-state index is 12.3. The Morgan fingerprint density at radius 3 is 2.77 bits per heavy atom. The summed E-state index contributed by atoms with van der Waals surface area (Å²) in [5, 5.41) is 3.23. The van der Waals surface area contributed by atoms with Crippen LogP contribution in [0.3, 0.4) is 0 Å². The molecule has 0 atom stereocenters. The lowest BCUT2D eigenvalue weighted by molar-refractivity contribution is -0.124. The lowest BCUT2D eigenvalue weighted by Crippen LogP contribution is -2.54. The van der Waals surface area contributed by atoms with Crippen molar-refractivity contribution in [2.45, 2.75) is 18.4 Å². The third kappa shape index (κ3) is 4.33. The van der Waals surface area contributed by atoms with Crippen molar-refractivity contribution in [1.82, 2.24) is 0 Å². The van der Waals surface area contributed by atoms with Crippen LogP contribution in [0.25, 0.3) is 0 Å². The van der Waals surface area contributed by atoms with Gasteiger partial charge < -0.3 is 25.3 Å². The first-order chi connectivity index (χ1) is 10.5. The van der Waals surface area contributed by atoms with Crippen LogP contribution in [0.15, 0.2) is 18.2 Å². The fourth-order valence-electron chi connectivity index (χ4n) is 2.15. The van der Waals surface area contributed by atoms with Crippen LogP contribution in [0, 0.1) is 0 Å². The van der Waals surface area contributed by atoms with E-state index < -0.39 is 5.54 Å². The standard InChI is InChI=1S/C15H21ClN2O4/c1-20-8-9-22-13-3-2-11(10-12(13)16)18-14(19)15(17)4-6-21-7-5-15/h2-3,10H,4-9,17H2,1H3,(H,18,19). The molecule has 1 heterocycles. The van der Waals surface area contributed by atoms with Crippen molar-refractivity contribution in [1.29, 1.82) is 0 Å². The number of hydrogen-bond donors (Lipinski definition) is 2. The molecule has 6 nitrogen and oxygen atoms in total. The van der Waals surface area contributed by atoms with E-state index in [1.807, 2.05) is 0 Å². The highest BCUT2D eigenvalue weighted by atomic mass is 35.5. The van der Waals surface area contributed by atoms with Gasteiger partial charge in [0.15, 0.2) is 0 Å². The summed E-state index contributed by atoms with van der Waals surface area (Å²) in [4.78, 5) is 12.3. The SMILES string of the molecule is COCCOc1ccc(NC(=O)C2(N)CCOCC2)cc1Cl. The summed E-state index contributed by atoms with van der Waals surface area (Å²) in [6, 6.07) is 5.08. The van der Waals surface area contributed by atoms with Gasteiger partial charge in [0.25, 0.3) is 0 Å². The van der Waals surface area contributed by atoms with Crippen molar-refractivity contribution in [2.24, 2.45) is 5.73 Å². The summed E-state index contributed by atoms with van der Waals surface area (Å²) >= 11 is 6.14. The van der Waals surface area contributed by atoms with E-state index in [1.54, 1.807) is 25.3 Å². The number of halogens is 1. The fourth-order valence-corrected chi connectivity index (χ4v) is 2.38. The highest BCUT2D eigenvalue weighted by Gasteiger charge is 2.35. The van der Waals surface area contributed by atoms with Gasteiger partial charge in [-0.25, -0.2) is 0 Å².